The fourth-order valence-electron chi connectivity index (χ4n) is 1.39. The number of furan rings is 1. The average molecular weight is 286 g/mol. The highest BCUT2D eigenvalue weighted by atomic mass is 19.4. The van der Waals surface area contributed by atoms with E-state index in [-0.39, 0.29) is 29.6 Å². The lowest BCUT2D eigenvalue weighted by Crippen LogP contribution is -2.17. The van der Waals surface area contributed by atoms with Crippen molar-refractivity contribution >= 4 is 5.78 Å². The van der Waals surface area contributed by atoms with E-state index in [0.29, 0.717) is 0 Å². The van der Waals surface area contributed by atoms with Gasteiger partial charge in [-0.15, -0.1) is 13.2 Å². The van der Waals surface area contributed by atoms with E-state index < -0.39 is 6.36 Å². The summed E-state index contributed by atoms with van der Waals surface area (Å²) in [5.74, 6) is -0.325. The van der Waals surface area contributed by atoms with Crippen LogP contribution in [0.1, 0.15) is 10.6 Å². The van der Waals surface area contributed by atoms with Gasteiger partial charge in [0.25, 0.3) is 0 Å². The third kappa shape index (κ3) is 4.04. The lowest BCUT2D eigenvalue weighted by Gasteiger charge is -2.09. The molecule has 0 saturated carbocycles. The largest absolute Gasteiger partial charge is 0.573 e. The molecular weight excluding hydrogens is 277 g/mol. The van der Waals surface area contributed by atoms with Crippen LogP contribution in [0.15, 0.2) is 47.1 Å². The van der Waals surface area contributed by atoms with Gasteiger partial charge in [0.05, 0.1) is 6.26 Å². The van der Waals surface area contributed by atoms with E-state index in [0.717, 1.165) is 12.1 Å². The topological polar surface area (TPSA) is 48.7 Å². The summed E-state index contributed by atoms with van der Waals surface area (Å²) in [4.78, 5) is 11.5. The van der Waals surface area contributed by atoms with Crippen molar-refractivity contribution in [3.8, 4) is 11.5 Å². The van der Waals surface area contributed by atoms with Crippen LogP contribution in [0, 0.1) is 0 Å². The molecule has 1 aromatic carbocycles. The molecule has 0 unspecified atom stereocenters. The number of ketones is 1. The maximum Gasteiger partial charge on any atom is 0.573 e. The van der Waals surface area contributed by atoms with Gasteiger partial charge in [0, 0.05) is 0 Å². The van der Waals surface area contributed by atoms with Crippen LogP contribution in [0.25, 0.3) is 0 Å². The molecule has 0 aliphatic carbocycles. The molecule has 0 spiro atoms. The molecule has 0 atom stereocenters. The molecule has 0 amide bonds. The van der Waals surface area contributed by atoms with Crippen molar-refractivity contribution in [1.29, 1.82) is 0 Å². The van der Waals surface area contributed by atoms with Crippen molar-refractivity contribution in [2.24, 2.45) is 0 Å². The highest BCUT2D eigenvalue weighted by molar-refractivity contribution is 5.94. The summed E-state index contributed by atoms with van der Waals surface area (Å²) in [5.41, 5.74) is 0. The Hall–Kier alpha value is -2.44. The number of hydrogen-bond acceptors (Lipinski definition) is 4. The lowest BCUT2D eigenvalue weighted by molar-refractivity contribution is -0.274. The molecule has 2 aromatic rings. The number of carbonyl (C=O) groups is 1. The number of halogens is 3. The first-order chi connectivity index (χ1) is 9.44. The maximum absolute atomic E-state index is 11.9. The Labute approximate surface area is 111 Å². The summed E-state index contributed by atoms with van der Waals surface area (Å²) >= 11 is 0. The maximum atomic E-state index is 11.9. The highest BCUT2D eigenvalue weighted by Crippen LogP contribution is 2.24. The third-order valence-corrected chi connectivity index (χ3v) is 2.22. The van der Waals surface area contributed by atoms with Gasteiger partial charge in [-0.2, -0.15) is 0 Å². The molecule has 7 heteroatoms. The fraction of sp³-hybridized carbons (Fsp3) is 0.154. The van der Waals surface area contributed by atoms with E-state index in [9.17, 15) is 18.0 Å². The molecule has 0 bridgehead atoms. The zero-order valence-corrected chi connectivity index (χ0v) is 10.0. The summed E-state index contributed by atoms with van der Waals surface area (Å²) in [5, 5.41) is 0. The summed E-state index contributed by atoms with van der Waals surface area (Å²) in [7, 11) is 0. The minimum absolute atomic E-state index is 0.155. The molecule has 0 fully saturated rings. The van der Waals surface area contributed by atoms with Crippen molar-refractivity contribution in [3.63, 3.8) is 0 Å². The molecule has 1 aromatic heterocycles. The Morgan fingerprint density at radius 1 is 1.10 bits per heavy atom. The first kappa shape index (κ1) is 14.0. The van der Waals surface area contributed by atoms with Crippen molar-refractivity contribution in [2.75, 3.05) is 6.61 Å². The van der Waals surface area contributed by atoms with E-state index in [1.165, 1.54) is 24.5 Å². The Balaban J connectivity index is 1.89. The van der Waals surface area contributed by atoms with Gasteiger partial charge in [0.2, 0.25) is 5.78 Å². The lowest BCUT2D eigenvalue weighted by atomic mass is 10.3. The number of rotatable bonds is 5. The van der Waals surface area contributed by atoms with Crippen LogP contribution in [0.5, 0.6) is 11.5 Å². The molecular formula is C13H9F3O4. The summed E-state index contributed by atoms with van der Waals surface area (Å²) in [6.45, 7) is -0.271. The second-order valence-corrected chi connectivity index (χ2v) is 3.71. The molecule has 0 N–H and O–H groups in total. The Morgan fingerprint density at radius 2 is 1.75 bits per heavy atom. The van der Waals surface area contributed by atoms with Gasteiger partial charge in [0.1, 0.15) is 11.5 Å². The number of carbonyl (C=O) groups excluding carboxylic acids is 1. The number of ether oxygens (including phenoxy) is 2. The summed E-state index contributed by atoms with van der Waals surface area (Å²) in [6, 6.07) is 7.80. The van der Waals surface area contributed by atoms with Gasteiger partial charge in [-0.05, 0) is 36.4 Å². The van der Waals surface area contributed by atoms with Crippen molar-refractivity contribution in [1.82, 2.24) is 0 Å². The molecule has 1 heterocycles. The smallest absolute Gasteiger partial charge is 0.485 e. The third-order valence-electron chi connectivity index (χ3n) is 2.22. The van der Waals surface area contributed by atoms with Crippen molar-refractivity contribution in [3.05, 3.63) is 48.4 Å². The van der Waals surface area contributed by atoms with Gasteiger partial charge in [-0.3, -0.25) is 4.79 Å². The molecule has 2 rings (SSSR count). The molecule has 0 aliphatic heterocycles. The second kappa shape index (κ2) is 5.68. The molecule has 106 valence electrons. The monoisotopic (exact) mass is 286 g/mol. The Morgan fingerprint density at radius 3 is 2.30 bits per heavy atom. The standard InChI is InChI=1S/C13H9F3O4/c14-13(15,16)20-10-5-3-9(4-6-10)19-8-11(17)12-2-1-7-18-12/h1-7H,8H2. The zero-order chi connectivity index (χ0) is 14.6. The normalized spacial score (nSPS) is 11.2. The fourth-order valence-corrected chi connectivity index (χ4v) is 1.39. The van der Waals surface area contributed by atoms with E-state index in [1.54, 1.807) is 6.07 Å². The van der Waals surface area contributed by atoms with Crippen LogP contribution in [0.2, 0.25) is 0 Å². The van der Waals surface area contributed by atoms with Crippen LogP contribution in [0.4, 0.5) is 13.2 Å². The number of alkyl halides is 3. The second-order valence-electron chi connectivity index (χ2n) is 3.71. The van der Waals surface area contributed by atoms with Crippen LogP contribution < -0.4 is 9.47 Å². The quantitative estimate of drug-likeness (QED) is 0.790. The van der Waals surface area contributed by atoms with E-state index in [1.807, 2.05) is 0 Å². The van der Waals surface area contributed by atoms with Crippen LogP contribution in [-0.2, 0) is 0 Å². The summed E-state index contributed by atoms with van der Waals surface area (Å²) < 4.78 is 49.6. The first-order valence-corrected chi connectivity index (χ1v) is 5.49. The molecule has 0 saturated heterocycles. The number of benzene rings is 1. The van der Waals surface area contributed by atoms with Gasteiger partial charge >= 0.3 is 6.36 Å². The van der Waals surface area contributed by atoms with Crippen LogP contribution in [-0.4, -0.2) is 18.8 Å². The molecule has 4 nitrogen and oxygen atoms in total. The average Bonchev–Trinajstić information content (AvgIpc) is 2.89. The van der Waals surface area contributed by atoms with Gasteiger partial charge in [0.15, 0.2) is 12.4 Å². The number of Topliss-reactive ketones (excluding diaryl/α,β-unsaturated/α-hetero) is 1. The first-order valence-electron chi connectivity index (χ1n) is 5.49. The summed E-state index contributed by atoms with van der Waals surface area (Å²) in [6.07, 6.45) is -3.38. The van der Waals surface area contributed by atoms with Gasteiger partial charge in [-0.25, -0.2) is 0 Å². The van der Waals surface area contributed by atoms with E-state index in [2.05, 4.69) is 4.74 Å². The van der Waals surface area contributed by atoms with E-state index in [4.69, 9.17) is 9.15 Å². The van der Waals surface area contributed by atoms with Gasteiger partial charge < -0.3 is 13.9 Å². The molecule has 20 heavy (non-hydrogen) atoms. The SMILES string of the molecule is O=C(COc1ccc(OC(F)(F)F)cc1)c1ccco1. The molecule has 0 radical (unpaired) electrons. The minimum atomic E-state index is -4.74. The number of hydrogen-bond donors (Lipinski definition) is 0. The minimum Gasteiger partial charge on any atom is -0.485 e. The van der Waals surface area contributed by atoms with Crippen LogP contribution in [0.3, 0.4) is 0 Å². The molecule has 0 aliphatic rings. The van der Waals surface area contributed by atoms with Crippen LogP contribution >= 0.6 is 0 Å². The highest BCUT2D eigenvalue weighted by Gasteiger charge is 2.30. The predicted molar refractivity (Wildman–Crippen MR) is 61.7 cm³/mol. The van der Waals surface area contributed by atoms with E-state index >= 15 is 0 Å². The zero-order valence-electron chi connectivity index (χ0n) is 10.0. The predicted octanol–water partition coefficient (Wildman–Crippen LogP) is 3.44. The van der Waals surface area contributed by atoms with Gasteiger partial charge in [-0.1, -0.05) is 0 Å². The van der Waals surface area contributed by atoms with Crippen molar-refractivity contribution in [2.45, 2.75) is 6.36 Å². The Bertz CT molecular complexity index is 558. The van der Waals surface area contributed by atoms with Crippen molar-refractivity contribution < 1.29 is 31.9 Å². The Kier molecular flexibility index (Phi) is 3.97.